The summed E-state index contributed by atoms with van der Waals surface area (Å²) in [5.41, 5.74) is 1.94. The first kappa shape index (κ1) is 9.87. The molecule has 0 fully saturated rings. The quantitative estimate of drug-likeness (QED) is 0.596. The Morgan fingerprint density at radius 1 is 1.43 bits per heavy atom. The molecule has 0 bridgehead atoms. The van der Waals surface area contributed by atoms with Crippen molar-refractivity contribution in [2.24, 2.45) is 0 Å². The fourth-order valence-corrected chi connectivity index (χ4v) is 3.01. The van der Waals surface area contributed by atoms with Crippen LogP contribution in [0.3, 0.4) is 0 Å². The molecule has 0 aliphatic rings. The van der Waals surface area contributed by atoms with Crippen molar-refractivity contribution in [3.63, 3.8) is 0 Å². The molecule has 0 saturated carbocycles. The molecule has 1 nitrogen and oxygen atoms in total. The number of rotatable bonds is 2. The van der Waals surface area contributed by atoms with E-state index in [2.05, 4.69) is 22.0 Å². The maximum absolute atomic E-state index is 10.7. The topological polar surface area (TPSA) is 17.1 Å². The third kappa shape index (κ3) is 1.62. The highest BCUT2D eigenvalue weighted by atomic mass is 79.9. The van der Waals surface area contributed by atoms with Crippen LogP contribution in [0, 0.1) is 6.92 Å². The van der Waals surface area contributed by atoms with Crippen LogP contribution in [0.15, 0.2) is 18.2 Å². The van der Waals surface area contributed by atoms with E-state index >= 15 is 0 Å². The van der Waals surface area contributed by atoms with E-state index in [9.17, 15) is 4.79 Å². The van der Waals surface area contributed by atoms with E-state index in [0.29, 0.717) is 0 Å². The van der Waals surface area contributed by atoms with E-state index in [-0.39, 0.29) is 0 Å². The summed E-state index contributed by atoms with van der Waals surface area (Å²) in [7, 11) is 0. The van der Waals surface area contributed by atoms with Gasteiger partial charge in [-0.3, -0.25) is 4.79 Å². The van der Waals surface area contributed by atoms with Crippen molar-refractivity contribution in [3.8, 4) is 0 Å². The van der Waals surface area contributed by atoms with Gasteiger partial charge in [0.05, 0.1) is 0 Å². The standard InChI is InChI=1S/C11H9BrOS/c1-7-2-8(6-13)3-9-4-10(5-12)14-11(7)9/h2-4,6H,5H2,1H3. The number of aldehydes is 1. The minimum Gasteiger partial charge on any atom is -0.298 e. The van der Waals surface area contributed by atoms with Crippen molar-refractivity contribution >= 4 is 43.6 Å². The number of thiophene rings is 1. The van der Waals surface area contributed by atoms with Crippen LogP contribution in [0.1, 0.15) is 20.8 Å². The van der Waals surface area contributed by atoms with E-state index in [1.165, 1.54) is 20.5 Å². The molecule has 14 heavy (non-hydrogen) atoms. The van der Waals surface area contributed by atoms with Crippen molar-refractivity contribution < 1.29 is 4.79 Å². The van der Waals surface area contributed by atoms with Crippen LogP contribution < -0.4 is 0 Å². The van der Waals surface area contributed by atoms with Crippen LogP contribution in [-0.2, 0) is 5.33 Å². The normalized spacial score (nSPS) is 10.7. The van der Waals surface area contributed by atoms with Gasteiger partial charge in [0.1, 0.15) is 6.29 Å². The average molecular weight is 269 g/mol. The second-order valence-electron chi connectivity index (χ2n) is 3.22. The molecule has 0 atom stereocenters. The van der Waals surface area contributed by atoms with Gasteiger partial charge in [-0.25, -0.2) is 0 Å². The minimum atomic E-state index is 0.758. The van der Waals surface area contributed by atoms with E-state index in [0.717, 1.165) is 17.2 Å². The highest BCUT2D eigenvalue weighted by Crippen LogP contribution is 2.30. The molecule has 0 saturated heterocycles. The third-order valence-corrected chi connectivity index (χ3v) is 4.40. The van der Waals surface area contributed by atoms with E-state index in [4.69, 9.17) is 0 Å². The van der Waals surface area contributed by atoms with Gasteiger partial charge in [0, 0.05) is 20.5 Å². The minimum absolute atomic E-state index is 0.758. The van der Waals surface area contributed by atoms with Crippen LogP contribution in [0.2, 0.25) is 0 Å². The predicted octanol–water partition coefficient (Wildman–Crippen LogP) is 3.92. The fourth-order valence-electron chi connectivity index (χ4n) is 1.54. The summed E-state index contributed by atoms with van der Waals surface area (Å²) < 4.78 is 1.28. The van der Waals surface area contributed by atoms with Crippen molar-refractivity contribution in [1.29, 1.82) is 0 Å². The second kappa shape index (κ2) is 3.83. The zero-order valence-electron chi connectivity index (χ0n) is 7.71. The summed E-state index contributed by atoms with van der Waals surface area (Å²) in [6.45, 7) is 2.05. The van der Waals surface area contributed by atoms with Gasteiger partial charge in [-0.05, 0) is 36.1 Å². The average Bonchev–Trinajstić information content (AvgIpc) is 2.61. The van der Waals surface area contributed by atoms with E-state index in [1.54, 1.807) is 11.3 Å². The van der Waals surface area contributed by atoms with Crippen LogP contribution >= 0.6 is 27.3 Å². The number of alkyl halides is 1. The number of halogens is 1. The first-order chi connectivity index (χ1) is 6.74. The molecule has 1 aromatic carbocycles. The summed E-state index contributed by atoms with van der Waals surface area (Å²) in [6, 6.07) is 6.01. The molecule has 3 heteroatoms. The number of carbonyl (C=O) groups is 1. The lowest BCUT2D eigenvalue weighted by Crippen LogP contribution is -1.80. The summed E-state index contributed by atoms with van der Waals surface area (Å²) in [6.07, 6.45) is 0.901. The fraction of sp³-hybridized carbons (Fsp3) is 0.182. The Morgan fingerprint density at radius 3 is 2.86 bits per heavy atom. The molecule has 0 radical (unpaired) electrons. The van der Waals surface area contributed by atoms with Gasteiger partial charge >= 0.3 is 0 Å². The molecule has 1 aromatic heterocycles. The second-order valence-corrected chi connectivity index (χ2v) is 4.92. The Hall–Kier alpha value is -0.670. The summed E-state index contributed by atoms with van der Waals surface area (Å²) in [5.74, 6) is 0. The van der Waals surface area contributed by atoms with Crippen molar-refractivity contribution in [2.45, 2.75) is 12.3 Å². The van der Waals surface area contributed by atoms with Gasteiger partial charge < -0.3 is 0 Å². The highest BCUT2D eigenvalue weighted by molar-refractivity contribution is 9.08. The Labute approximate surface area is 94.9 Å². The monoisotopic (exact) mass is 268 g/mol. The first-order valence-corrected chi connectivity index (χ1v) is 6.22. The molecule has 0 unspecified atom stereocenters. The predicted molar refractivity (Wildman–Crippen MR) is 64.6 cm³/mol. The number of aryl methyl sites for hydroxylation is 1. The Morgan fingerprint density at radius 2 is 2.21 bits per heavy atom. The summed E-state index contributed by atoms with van der Waals surface area (Å²) in [4.78, 5) is 12.0. The third-order valence-electron chi connectivity index (χ3n) is 2.14. The Kier molecular flexibility index (Phi) is 2.70. The van der Waals surface area contributed by atoms with Gasteiger partial charge in [-0.15, -0.1) is 11.3 Å². The maximum Gasteiger partial charge on any atom is 0.150 e. The maximum atomic E-state index is 10.7. The van der Waals surface area contributed by atoms with Crippen LogP contribution in [0.25, 0.3) is 10.1 Å². The number of hydrogen-bond acceptors (Lipinski definition) is 2. The van der Waals surface area contributed by atoms with Crippen molar-refractivity contribution in [2.75, 3.05) is 0 Å². The lowest BCUT2D eigenvalue weighted by molar-refractivity contribution is 0.112. The molecule has 2 rings (SSSR count). The van der Waals surface area contributed by atoms with Crippen LogP contribution in [-0.4, -0.2) is 6.29 Å². The van der Waals surface area contributed by atoms with Crippen LogP contribution in [0.5, 0.6) is 0 Å². The lowest BCUT2D eigenvalue weighted by atomic mass is 10.1. The molecule has 0 spiro atoms. The molecule has 0 amide bonds. The SMILES string of the molecule is Cc1cc(C=O)cc2cc(CBr)sc12. The Balaban J connectivity index is 2.73. The molecular weight excluding hydrogens is 260 g/mol. The summed E-state index contributed by atoms with van der Waals surface area (Å²) in [5, 5.41) is 2.05. The number of fused-ring (bicyclic) bond motifs is 1. The first-order valence-electron chi connectivity index (χ1n) is 4.29. The van der Waals surface area contributed by atoms with Crippen molar-refractivity contribution in [1.82, 2.24) is 0 Å². The molecule has 1 heterocycles. The van der Waals surface area contributed by atoms with Gasteiger partial charge in [0.25, 0.3) is 0 Å². The van der Waals surface area contributed by atoms with E-state index in [1.807, 2.05) is 19.1 Å². The van der Waals surface area contributed by atoms with Crippen LogP contribution in [0.4, 0.5) is 0 Å². The number of carbonyl (C=O) groups excluding carboxylic acids is 1. The van der Waals surface area contributed by atoms with E-state index < -0.39 is 0 Å². The zero-order valence-corrected chi connectivity index (χ0v) is 10.1. The molecule has 0 N–H and O–H groups in total. The molecule has 2 aromatic rings. The van der Waals surface area contributed by atoms with Gasteiger partial charge in [0.15, 0.2) is 0 Å². The lowest BCUT2D eigenvalue weighted by Gasteiger charge is -1.96. The van der Waals surface area contributed by atoms with Gasteiger partial charge in [-0.2, -0.15) is 0 Å². The number of hydrogen-bond donors (Lipinski definition) is 0. The molecular formula is C11H9BrOS. The molecule has 0 aliphatic heterocycles. The number of benzene rings is 1. The van der Waals surface area contributed by atoms with Gasteiger partial charge in [0.2, 0.25) is 0 Å². The molecule has 0 aliphatic carbocycles. The van der Waals surface area contributed by atoms with Gasteiger partial charge in [-0.1, -0.05) is 15.9 Å². The largest absolute Gasteiger partial charge is 0.298 e. The molecule has 72 valence electrons. The van der Waals surface area contributed by atoms with Crippen molar-refractivity contribution in [3.05, 3.63) is 34.2 Å². The smallest absolute Gasteiger partial charge is 0.150 e. The summed E-state index contributed by atoms with van der Waals surface area (Å²) >= 11 is 5.22. The highest BCUT2D eigenvalue weighted by Gasteiger charge is 2.05. The zero-order chi connectivity index (χ0) is 10.1. The Bertz CT molecular complexity index is 487.